The first kappa shape index (κ1) is 19.3. The summed E-state index contributed by atoms with van der Waals surface area (Å²) in [6, 6.07) is 0. The number of carboxylic acids is 1. The van der Waals surface area contributed by atoms with Gasteiger partial charge in [0.1, 0.15) is 6.61 Å². The molecule has 0 aromatic carbocycles. The van der Waals surface area contributed by atoms with Crippen LogP contribution in [0.4, 0.5) is 0 Å². The minimum Gasteiger partial charge on any atom is -0.480 e. The highest BCUT2D eigenvalue weighted by atomic mass is 16.6. The van der Waals surface area contributed by atoms with Gasteiger partial charge in [-0.2, -0.15) is 0 Å². The molecule has 0 unspecified atom stereocenters. The average Bonchev–Trinajstić information content (AvgIpc) is 2.38. The first-order valence-electron chi connectivity index (χ1n) is 6.77. The molecule has 0 aromatic rings. The summed E-state index contributed by atoms with van der Waals surface area (Å²) < 4.78 is 25.9. The summed E-state index contributed by atoms with van der Waals surface area (Å²) in [5, 5.41) is 8.31. The van der Waals surface area contributed by atoms with Crippen LogP contribution in [0.15, 0.2) is 0 Å². The van der Waals surface area contributed by atoms with Crippen LogP contribution in [0, 0.1) is 0 Å². The van der Waals surface area contributed by atoms with E-state index in [2.05, 4.69) is 0 Å². The van der Waals surface area contributed by atoms with E-state index in [-0.39, 0.29) is 19.3 Å². The number of carboxylic acid groups (broad SMARTS) is 1. The molecule has 0 aromatic heterocycles. The molecule has 0 rings (SSSR count). The van der Waals surface area contributed by atoms with E-state index in [9.17, 15) is 4.79 Å². The standard InChI is InChI=1S/C13H26O7/c1-12(2)20-10-9-18-6-5-16-3-4-17-7-8-19-11-13(14)15/h12H,3-11H2,1-2H3,(H,14,15). The van der Waals surface area contributed by atoms with Crippen molar-refractivity contribution in [3.63, 3.8) is 0 Å². The molecule has 7 heteroatoms. The van der Waals surface area contributed by atoms with Gasteiger partial charge in [0.25, 0.3) is 0 Å². The van der Waals surface area contributed by atoms with Gasteiger partial charge in [0.15, 0.2) is 0 Å². The average molecular weight is 294 g/mol. The molecule has 0 aliphatic heterocycles. The fourth-order valence-electron chi connectivity index (χ4n) is 1.16. The van der Waals surface area contributed by atoms with E-state index < -0.39 is 5.97 Å². The van der Waals surface area contributed by atoms with Crippen molar-refractivity contribution in [2.45, 2.75) is 20.0 Å². The third-order valence-corrected chi connectivity index (χ3v) is 2.02. The molecule has 0 spiro atoms. The van der Waals surface area contributed by atoms with Crippen LogP contribution in [-0.4, -0.2) is 76.6 Å². The van der Waals surface area contributed by atoms with Gasteiger partial charge >= 0.3 is 5.97 Å². The summed E-state index contributed by atoms with van der Waals surface area (Å²) >= 11 is 0. The number of hydrogen-bond donors (Lipinski definition) is 1. The van der Waals surface area contributed by atoms with Crippen molar-refractivity contribution >= 4 is 5.97 Å². The van der Waals surface area contributed by atoms with Gasteiger partial charge in [-0.25, -0.2) is 4.79 Å². The van der Waals surface area contributed by atoms with E-state index in [1.54, 1.807) is 0 Å². The normalized spacial score (nSPS) is 11.2. The molecule has 20 heavy (non-hydrogen) atoms. The first-order valence-corrected chi connectivity index (χ1v) is 6.77. The number of aliphatic carboxylic acids is 1. The molecule has 120 valence electrons. The second-order valence-electron chi connectivity index (χ2n) is 4.20. The minimum atomic E-state index is -0.980. The van der Waals surface area contributed by atoms with Crippen LogP contribution in [0.1, 0.15) is 13.8 Å². The number of ether oxygens (including phenoxy) is 5. The molecular weight excluding hydrogens is 268 g/mol. The predicted octanol–water partition coefficient (Wildman–Crippen LogP) is 0.562. The van der Waals surface area contributed by atoms with Crippen molar-refractivity contribution in [3.05, 3.63) is 0 Å². The molecule has 7 nitrogen and oxygen atoms in total. The molecule has 1 N–H and O–H groups in total. The van der Waals surface area contributed by atoms with Crippen molar-refractivity contribution in [1.82, 2.24) is 0 Å². The second-order valence-corrected chi connectivity index (χ2v) is 4.20. The van der Waals surface area contributed by atoms with Crippen molar-refractivity contribution in [2.75, 3.05) is 59.5 Å². The van der Waals surface area contributed by atoms with Gasteiger partial charge in [-0.1, -0.05) is 0 Å². The zero-order valence-electron chi connectivity index (χ0n) is 12.3. The fraction of sp³-hybridized carbons (Fsp3) is 0.923. The van der Waals surface area contributed by atoms with Crippen molar-refractivity contribution in [2.24, 2.45) is 0 Å². The van der Waals surface area contributed by atoms with Gasteiger partial charge in [0, 0.05) is 0 Å². The summed E-state index contributed by atoms with van der Waals surface area (Å²) in [4.78, 5) is 10.1. The summed E-state index contributed by atoms with van der Waals surface area (Å²) in [5.41, 5.74) is 0. The Kier molecular flexibility index (Phi) is 14.1. The lowest BCUT2D eigenvalue weighted by Gasteiger charge is -2.08. The van der Waals surface area contributed by atoms with Gasteiger partial charge in [-0.05, 0) is 13.8 Å². The maximum atomic E-state index is 10.1. The molecule has 0 amide bonds. The largest absolute Gasteiger partial charge is 0.480 e. The van der Waals surface area contributed by atoms with Gasteiger partial charge in [-0.3, -0.25) is 0 Å². The highest BCUT2D eigenvalue weighted by Gasteiger charge is 1.96. The zero-order valence-corrected chi connectivity index (χ0v) is 12.3. The lowest BCUT2D eigenvalue weighted by Crippen LogP contribution is -2.15. The molecular formula is C13H26O7. The smallest absolute Gasteiger partial charge is 0.329 e. The lowest BCUT2D eigenvalue weighted by molar-refractivity contribution is -0.142. The molecule has 0 radical (unpaired) electrons. The van der Waals surface area contributed by atoms with Gasteiger partial charge in [0.2, 0.25) is 0 Å². The molecule has 0 fully saturated rings. The SMILES string of the molecule is CC(C)OCCOCCOCCOCCOCC(=O)O. The number of rotatable bonds is 15. The Balaban J connectivity index is 2.97. The Bertz CT molecular complexity index is 221. The van der Waals surface area contributed by atoms with Gasteiger partial charge < -0.3 is 28.8 Å². The van der Waals surface area contributed by atoms with Crippen LogP contribution < -0.4 is 0 Å². The highest BCUT2D eigenvalue weighted by Crippen LogP contribution is 1.87. The quantitative estimate of drug-likeness (QED) is 0.442. The Labute approximate surface area is 120 Å². The van der Waals surface area contributed by atoms with Crippen LogP contribution in [-0.2, 0) is 28.5 Å². The zero-order chi connectivity index (χ0) is 15.1. The monoisotopic (exact) mass is 294 g/mol. The van der Waals surface area contributed by atoms with Gasteiger partial charge in [0.05, 0.1) is 59.0 Å². The van der Waals surface area contributed by atoms with Crippen LogP contribution in [0.3, 0.4) is 0 Å². The Morgan fingerprint density at radius 1 is 0.800 bits per heavy atom. The molecule has 0 bridgehead atoms. The van der Waals surface area contributed by atoms with Crippen LogP contribution in [0.2, 0.25) is 0 Å². The van der Waals surface area contributed by atoms with E-state index in [4.69, 9.17) is 28.8 Å². The van der Waals surface area contributed by atoms with E-state index in [0.717, 1.165) is 0 Å². The third kappa shape index (κ3) is 17.3. The molecule has 0 saturated carbocycles. The maximum absolute atomic E-state index is 10.1. The minimum absolute atomic E-state index is 0.228. The Morgan fingerprint density at radius 2 is 1.20 bits per heavy atom. The molecule has 0 aliphatic rings. The lowest BCUT2D eigenvalue weighted by atomic mass is 10.5. The van der Waals surface area contributed by atoms with E-state index >= 15 is 0 Å². The second kappa shape index (κ2) is 14.7. The van der Waals surface area contributed by atoms with Gasteiger partial charge in [-0.15, -0.1) is 0 Å². The predicted molar refractivity (Wildman–Crippen MR) is 72.0 cm³/mol. The summed E-state index contributed by atoms with van der Waals surface area (Å²) in [6.07, 6.45) is 0.228. The third-order valence-electron chi connectivity index (χ3n) is 2.02. The summed E-state index contributed by atoms with van der Waals surface area (Å²) in [5.74, 6) is -0.980. The van der Waals surface area contributed by atoms with Crippen LogP contribution in [0.25, 0.3) is 0 Å². The summed E-state index contributed by atoms with van der Waals surface area (Å²) in [6.45, 7) is 7.44. The van der Waals surface area contributed by atoms with Crippen molar-refractivity contribution in [1.29, 1.82) is 0 Å². The van der Waals surface area contributed by atoms with Crippen molar-refractivity contribution in [3.8, 4) is 0 Å². The van der Waals surface area contributed by atoms with E-state index in [1.807, 2.05) is 13.8 Å². The highest BCUT2D eigenvalue weighted by molar-refractivity contribution is 5.67. The number of carbonyl (C=O) groups is 1. The van der Waals surface area contributed by atoms with Crippen molar-refractivity contribution < 1.29 is 33.6 Å². The number of hydrogen-bond acceptors (Lipinski definition) is 6. The van der Waals surface area contributed by atoms with Crippen LogP contribution >= 0.6 is 0 Å². The first-order chi connectivity index (χ1) is 9.63. The van der Waals surface area contributed by atoms with E-state index in [0.29, 0.717) is 46.2 Å². The summed E-state index contributed by atoms with van der Waals surface area (Å²) in [7, 11) is 0. The topological polar surface area (TPSA) is 83.5 Å². The molecule has 0 atom stereocenters. The maximum Gasteiger partial charge on any atom is 0.329 e. The Morgan fingerprint density at radius 3 is 1.60 bits per heavy atom. The molecule has 0 saturated heterocycles. The van der Waals surface area contributed by atoms with E-state index in [1.165, 1.54) is 0 Å². The molecule has 0 aliphatic carbocycles. The Hall–Kier alpha value is -0.730. The fourth-order valence-corrected chi connectivity index (χ4v) is 1.16. The molecule has 0 heterocycles. The van der Waals surface area contributed by atoms with Crippen LogP contribution in [0.5, 0.6) is 0 Å².